The Morgan fingerprint density at radius 2 is 2.12 bits per heavy atom. The molecule has 0 spiro atoms. The highest BCUT2D eigenvalue weighted by Crippen LogP contribution is 2.09. The number of ether oxygens (including phenoxy) is 1. The minimum Gasteiger partial charge on any atom is -0.383 e. The Labute approximate surface area is 150 Å². The molecule has 140 valence electrons. The van der Waals surface area contributed by atoms with Gasteiger partial charge in [0.2, 0.25) is 5.91 Å². The molecule has 0 radical (unpaired) electrons. The summed E-state index contributed by atoms with van der Waals surface area (Å²) in [6.07, 6.45) is 1.64. The van der Waals surface area contributed by atoms with Gasteiger partial charge in [-0.2, -0.15) is 0 Å². The largest absolute Gasteiger partial charge is 0.383 e. The van der Waals surface area contributed by atoms with E-state index in [-0.39, 0.29) is 30.5 Å². The highest BCUT2D eigenvalue weighted by molar-refractivity contribution is 5.94. The number of carbonyl (C=O) groups excluding carboxylic acids is 2. The molecular formula is C17H22FN5O3. The van der Waals surface area contributed by atoms with Crippen LogP contribution in [0.25, 0.3) is 0 Å². The zero-order valence-corrected chi connectivity index (χ0v) is 14.7. The fourth-order valence-electron chi connectivity index (χ4n) is 2.37. The molecule has 26 heavy (non-hydrogen) atoms. The second kappa shape index (κ2) is 9.62. The molecule has 0 bridgehead atoms. The molecule has 2 rings (SSSR count). The summed E-state index contributed by atoms with van der Waals surface area (Å²) in [7, 11) is 1.60. The number of nitrogens with one attached hydrogen (secondary N) is 2. The van der Waals surface area contributed by atoms with Crippen molar-refractivity contribution in [1.29, 1.82) is 0 Å². The first kappa shape index (κ1) is 19.5. The van der Waals surface area contributed by atoms with Crippen molar-refractivity contribution < 1.29 is 18.7 Å². The summed E-state index contributed by atoms with van der Waals surface area (Å²) in [5, 5.41) is 13.2. The summed E-state index contributed by atoms with van der Waals surface area (Å²) in [5.41, 5.74) is -0.0486. The minimum absolute atomic E-state index is 0.0486. The predicted octanol–water partition coefficient (Wildman–Crippen LogP) is 1.06. The topological polar surface area (TPSA) is 98.1 Å². The molecule has 1 heterocycles. The van der Waals surface area contributed by atoms with Gasteiger partial charge in [0.15, 0.2) is 5.82 Å². The van der Waals surface area contributed by atoms with Crippen molar-refractivity contribution in [3.63, 3.8) is 0 Å². The first-order valence-corrected chi connectivity index (χ1v) is 8.21. The van der Waals surface area contributed by atoms with Crippen LogP contribution in [0.1, 0.15) is 35.6 Å². The van der Waals surface area contributed by atoms with Crippen molar-refractivity contribution in [3.05, 3.63) is 47.8 Å². The number of aromatic nitrogens is 3. The number of hydrogen-bond donors (Lipinski definition) is 2. The maximum atomic E-state index is 13.5. The summed E-state index contributed by atoms with van der Waals surface area (Å²) < 4.78 is 20.3. The number of hydrogen-bond acceptors (Lipinski definition) is 5. The number of benzene rings is 1. The average Bonchev–Trinajstić information content (AvgIpc) is 3.08. The van der Waals surface area contributed by atoms with Crippen LogP contribution in [0.3, 0.4) is 0 Å². The van der Waals surface area contributed by atoms with Crippen LogP contribution in [0.5, 0.6) is 0 Å². The smallest absolute Gasteiger partial charge is 0.254 e. The number of nitrogens with zero attached hydrogens (tertiary/aromatic N) is 3. The lowest BCUT2D eigenvalue weighted by molar-refractivity contribution is -0.121. The Kier molecular flexibility index (Phi) is 7.22. The maximum absolute atomic E-state index is 13.5. The molecule has 0 aliphatic heterocycles. The van der Waals surface area contributed by atoms with E-state index in [1.54, 1.807) is 31.0 Å². The molecule has 0 fully saturated rings. The van der Waals surface area contributed by atoms with Crippen molar-refractivity contribution in [3.8, 4) is 0 Å². The lowest BCUT2D eigenvalue weighted by atomic mass is 10.2. The summed E-state index contributed by atoms with van der Waals surface area (Å²) in [6, 6.07) is 5.34. The molecule has 2 amide bonds. The Balaban J connectivity index is 1.79. The minimum atomic E-state index is -0.599. The van der Waals surface area contributed by atoms with Gasteiger partial charge in [-0.25, -0.2) is 4.39 Å². The van der Waals surface area contributed by atoms with Crippen LogP contribution in [0.4, 0.5) is 4.39 Å². The molecule has 1 aromatic heterocycles. The summed E-state index contributed by atoms with van der Waals surface area (Å²) in [6.45, 7) is 2.98. The quantitative estimate of drug-likeness (QED) is 0.694. The molecule has 1 atom stereocenters. The normalized spacial score (nSPS) is 11.8. The number of methoxy groups -OCH3 is 1. The van der Waals surface area contributed by atoms with Gasteiger partial charge < -0.3 is 19.9 Å². The average molecular weight is 363 g/mol. The predicted molar refractivity (Wildman–Crippen MR) is 91.8 cm³/mol. The molecule has 0 saturated heterocycles. The monoisotopic (exact) mass is 363 g/mol. The van der Waals surface area contributed by atoms with Gasteiger partial charge in [0.25, 0.3) is 5.91 Å². The Morgan fingerprint density at radius 3 is 2.85 bits per heavy atom. The number of amides is 2. The van der Waals surface area contributed by atoms with Crippen molar-refractivity contribution in [2.45, 2.75) is 25.9 Å². The lowest BCUT2D eigenvalue weighted by Crippen LogP contribution is -2.33. The van der Waals surface area contributed by atoms with Crippen molar-refractivity contribution >= 4 is 11.8 Å². The molecular weight excluding hydrogens is 341 g/mol. The van der Waals surface area contributed by atoms with Gasteiger partial charge in [-0.15, -0.1) is 10.2 Å². The summed E-state index contributed by atoms with van der Waals surface area (Å²) in [4.78, 5) is 23.9. The Hall–Kier alpha value is -2.81. The standard InChI is InChI=1S/C17H22FN5O3/c1-12(16-22-20-11-23(16)9-10-26-2)21-15(24)7-8-19-17(25)13-5-3-4-6-14(13)18/h3-6,11-12H,7-10H2,1-2H3,(H,19,25)(H,21,24)/t12-/m0/s1. The molecule has 1 aromatic carbocycles. The second-order valence-electron chi connectivity index (χ2n) is 5.65. The van der Waals surface area contributed by atoms with Gasteiger partial charge in [0.05, 0.1) is 18.2 Å². The number of carbonyl (C=O) groups is 2. The van der Waals surface area contributed by atoms with Gasteiger partial charge in [-0.05, 0) is 19.1 Å². The van der Waals surface area contributed by atoms with E-state index in [4.69, 9.17) is 4.74 Å². The first-order chi connectivity index (χ1) is 12.5. The van der Waals surface area contributed by atoms with Gasteiger partial charge in [-0.3, -0.25) is 9.59 Å². The van der Waals surface area contributed by atoms with E-state index in [2.05, 4.69) is 20.8 Å². The number of halogens is 1. The van der Waals surface area contributed by atoms with Crippen LogP contribution in [-0.4, -0.2) is 46.8 Å². The van der Waals surface area contributed by atoms with Crippen molar-refractivity contribution in [2.24, 2.45) is 0 Å². The van der Waals surface area contributed by atoms with Gasteiger partial charge in [0.1, 0.15) is 12.1 Å². The molecule has 0 aliphatic carbocycles. The third-order valence-electron chi connectivity index (χ3n) is 3.70. The van der Waals surface area contributed by atoms with E-state index in [1.807, 2.05) is 0 Å². The Morgan fingerprint density at radius 1 is 1.35 bits per heavy atom. The van der Waals surface area contributed by atoms with E-state index in [0.29, 0.717) is 19.0 Å². The fourth-order valence-corrected chi connectivity index (χ4v) is 2.37. The van der Waals surface area contributed by atoms with E-state index in [0.717, 1.165) is 0 Å². The van der Waals surface area contributed by atoms with Crippen LogP contribution in [0, 0.1) is 5.82 Å². The van der Waals surface area contributed by atoms with E-state index in [1.165, 1.54) is 18.2 Å². The second-order valence-corrected chi connectivity index (χ2v) is 5.65. The van der Waals surface area contributed by atoms with Gasteiger partial charge in [-0.1, -0.05) is 12.1 Å². The highest BCUT2D eigenvalue weighted by atomic mass is 19.1. The first-order valence-electron chi connectivity index (χ1n) is 8.21. The zero-order chi connectivity index (χ0) is 18.9. The van der Waals surface area contributed by atoms with E-state index >= 15 is 0 Å². The Bertz CT molecular complexity index is 750. The molecule has 2 aromatic rings. The van der Waals surface area contributed by atoms with Crippen molar-refractivity contribution in [2.75, 3.05) is 20.3 Å². The van der Waals surface area contributed by atoms with E-state index in [9.17, 15) is 14.0 Å². The third-order valence-corrected chi connectivity index (χ3v) is 3.70. The maximum Gasteiger partial charge on any atom is 0.254 e. The molecule has 0 aliphatic rings. The highest BCUT2D eigenvalue weighted by Gasteiger charge is 2.16. The lowest BCUT2D eigenvalue weighted by Gasteiger charge is -2.15. The van der Waals surface area contributed by atoms with Crippen LogP contribution in [0.15, 0.2) is 30.6 Å². The molecule has 9 heteroatoms. The third kappa shape index (κ3) is 5.35. The van der Waals surface area contributed by atoms with E-state index < -0.39 is 11.7 Å². The zero-order valence-electron chi connectivity index (χ0n) is 14.7. The van der Waals surface area contributed by atoms with Crippen LogP contribution >= 0.6 is 0 Å². The van der Waals surface area contributed by atoms with Gasteiger partial charge >= 0.3 is 0 Å². The number of rotatable bonds is 9. The summed E-state index contributed by atoms with van der Waals surface area (Å²) >= 11 is 0. The van der Waals surface area contributed by atoms with Crippen LogP contribution < -0.4 is 10.6 Å². The fraction of sp³-hybridized carbons (Fsp3) is 0.412. The SMILES string of the molecule is COCCn1cnnc1[C@H](C)NC(=O)CCNC(=O)c1ccccc1F. The van der Waals surface area contributed by atoms with Crippen LogP contribution in [0.2, 0.25) is 0 Å². The molecule has 2 N–H and O–H groups in total. The molecule has 0 unspecified atom stereocenters. The summed E-state index contributed by atoms with van der Waals surface area (Å²) in [5.74, 6) is -0.792. The van der Waals surface area contributed by atoms with Gasteiger partial charge in [0, 0.05) is 26.6 Å². The van der Waals surface area contributed by atoms with Crippen molar-refractivity contribution in [1.82, 2.24) is 25.4 Å². The molecule has 0 saturated carbocycles. The van der Waals surface area contributed by atoms with Crippen LogP contribution in [-0.2, 0) is 16.1 Å². The molecule has 8 nitrogen and oxygen atoms in total.